The Morgan fingerprint density at radius 2 is 1.46 bits per heavy atom. The Bertz CT molecular complexity index is 1170. The van der Waals surface area contributed by atoms with Gasteiger partial charge in [-0.15, -0.1) is 0 Å². The molecule has 0 aliphatic rings. The van der Waals surface area contributed by atoms with Crippen LogP contribution < -0.4 is 14.5 Å². The predicted octanol–water partition coefficient (Wildman–Crippen LogP) is 3.18. The highest BCUT2D eigenvalue weighted by atomic mass is 32.2. The lowest BCUT2D eigenvalue weighted by atomic mass is 10.1. The van der Waals surface area contributed by atoms with E-state index in [4.69, 9.17) is 13.8 Å². The summed E-state index contributed by atoms with van der Waals surface area (Å²) in [5.41, 5.74) is 4.30. The van der Waals surface area contributed by atoms with Gasteiger partial charge in [-0.05, 0) is 69.5 Å². The number of anilines is 2. The van der Waals surface area contributed by atoms with E-state index in [1.54, 1.807) is 24.1 Å². The highest BCUT2D eigenvalue weighted by Gasteiger charge is 2.17. The highest BCUT2D eigenvalue weighted by Crippen LogP contribution is 2.21. The first-order valence-corrected chi connectivity index (χ1v) is 15.2. The molecule has 10 nitrogen and oxygen atoms in total. The number of hydrogen-bond acceptors (Lipinski definition) is 8. The first-order valence-electron chi connectivity index (χ1n) is 12.0. The number of ether oxygens (including phenoxy) is 1. The first kappa shape index (κ1) is 32.6. The molecule has 3 N–H and O–H groups in total. The van der Waals surface area contributed by atoms with E-state index in [1.807, 2.05) is 39.8 Å². The van der Waals surface area contributed by atoms with E-state index in [0.717, 1.165) is 17.9 Å². The van der Waals surface area contributed by atoms with Crippen LogP contribution in [0.4, 0.5) is 11.4 Å². The monoisotopic (exact) mass is 560 g/mol. The van der Waals surface area contributed by atoms with Crippen molar-refractivity contribution in [2.45, 2.75) is 40.2 Å². The third-order valence-electron chi connectivity index (χ3n) is 5.42. The number of aliphatic hydroxyl groups is 1. The van der Waals surface area contributed by atoms with Crippen LogP contribution in [-0.4, -0.2) is 81.9 Å². The minimum atomic E-state index is -4.17. The normalized spacial score (nSPS) is 12.3. The maximum Gasteiger partial charge on any atom is 0.267 e. The van der Waals surface area contributed by atoms with Crippen molar-refractivity contribution in [1.29, 1.82) is 0 Å². The van der Waals surface area contributed by atoms with Gasteiger partial charge in [-0.25, -0.2) is 0 Å². The Morgan fingerprint density at radius 1 is 0.865 bits per heavy atom. The molecule has 0 bridgehead atoms. The van der Waals surface area contributed by atoms with Crippen LogP contribution in [0.25, 0.3) is 0 Å². The summed E-state index contributed by atoms with van der Waals surface area (Å²) in [7, 11) is -6.47. The van der Waals surface area contributed by atoms with Crippen LogP contribution in [-0.2, 0) is 20.2 Å². The van der Waals surface area contributed by atoms with E-state index in [2.05, 4.69) is 23.1 Å². The molecule has 12 heteroatoms. The molecule has 0 aliphatic heterocycles. The average Bonchev–Trinajstić information content (AvgIpc) is 2.78. The Kier molecular flexibility index (Phi) is 13.4. The van der Waals surface area contributed by atoms with Gasteiger partial charge in [0.25, 0.3) is 20.2 Å². The quantitative estimate of drug-likeness (QED) is 0.312. The summed E-state index contributed by atoms with van der Waals surface area (Å²) in [6.45, 7) is 10.2. The SMILES string of the molecule is CCN(CC(O)CS(=O)(=O)O)c1cccc(OC)c1.CCN(CCCS(=O)(=O)O)c1cc(C)cc(C)c1. The van der Waals surface area contributed by atoms with Gasteiger partial charge in [0.2, 0.25) is 0 Å². The average molecular weight is 561 g/mol. The largest absolute Gasteiger partial charge is 0.497 e. The summed E-state index contributed by atoms with van der Waals surface area (Å²) in [5, 5.41) is 9.66. The van der Waals surface area contributed by atoms with E-state index in [0.29, 0.717) is 25.3 Å². The van der Waals surface area contributed by atoms with Gasteiger partial charge in [-0.1, -0.05) is 12.1 Å². The molecule has 1 atom stereocenters. The molecule has 210 valence electrons. The molecule has 0 saturated heterocycles. The third-order valence-corrected chi connectivity index (χ3v) is 7.03. The minimum absolute atomic E-state index is 0.115. The van der Waals surface area contributed by atoms with Crippen LogP contribution in [0.1, 0.15) is 31.4 Å². The van der Waals surface area contributed by atoms with Crippen LogP contribution in [0.3, 0.4) is 0 Å². The molecule has 0 aliphatic carbocycles. The summed E-state index contributed by atoms with van der Waals surface area (Å²) >= 11 is 0. The zero-order valence-corrected chi connectivity index (χ0v) is 23.8. The Labute approximate surface area is 221 Å². The van der Waals surface area contributed by atoms with Crippen molar-refractivity contribution >= 4 is 31.6 Å². The Hall–Kier alpha value is -2.38. The zero-order valence-electron chi connectivity index (χ0n) is 22.2. The molecular weight excluding hydrogens is 520 g/mol. The van der Waals surface area contributed by atoms with E-state index in [9.17, 15) is 21.9 Å². The first-order chi connectivity index (χ1) is 17.2. The second-order valence-electron chi connectivity index (χ2n) is 8.71. The lowest BCUT2D eigenvalue weighted by Gasteiger charge is -2.25. The van der Waals surface area contributed by atoms with Crippen molar-refractivity contribution in [3.05, 3.63) is 53.6 Å². The molecular formula is C25H40N2O8S2. The fourth-order valence-corrected chi connectivity index (χ4v) is 4.90. The Balaban J connectivity index is 0.000000371. The van der Waals surface area contributed by atoms with E-state index in [-0.39, 0.29) is 12.3 Å². The van der Waals surface area contributed by atoms with E-state index >= 15 is 0 Å². The van der Waals surface area contributed by atoms with E-state index < -0.39 is 32.1 Å². The number of hydrogen-bond donors (Lipinski definition) is 3. The van der Waals surface area contributed by atoms with Crippen molar-refractivity contribution in [1.82, 2.24) is 0 Å². The molecule has 0 fully saturated rings. The summed E-state index contributed by atoms with van der Waals surface area (Å²) in [5.74, 6) is -0.179. The molecule has 0 saturated carbocycles. The molecule has 2 rings (SSSR count). The number of nitrogens with zero attached hydrogens (tertiary/aromatic N) is 2. The highest BCUT2D eigenvalue weighted by molar-refractivity contribution is 7.86. The van der Waals surface area contributed by atoms with Crippen molar-refractivity contribution < 1.29 is 35.8 Å². The number of aryl methyl sites for hydroxylation is 2. The lowest BCUT2D eigenvalue weighted by Crippen LogP contribution is -2.36. The summed E-state index contributed by atoms with van der Waals surface area (Å²) in [6, 6.07) is 13.5. The smallest absolute Gasteiger partial charge is 0.267 e. The number of methoxy groups -OCH3 is 1. The zero-order chi connectivity index (χ0) is 28.2. The second kappa shape index (κ2) is 15.1. The maximum absolute atomic E-state index is 10.7. The fraction of sp³-hybridized carbons (Fsp3) is 0.520. The number of likely N-dealkylation sites (N-methyl/N-ethyl adjacent to an activating group) is 1. The number of aliphatic hydroxyl groups excluding tert-OH is 1. The predicted molar refractivity (Wildman–Crippen MR) is 148 cm³/mol. The van der Waals surface area contributed by atoms with Crippen LogP contribution in [0.2, 0.25) is 0 Å². The van der Waals surface area contributed by atoms with Gasteiger partial charge in [0.05, 0.1) is 19.0 Å². The molecule has 1 unspecified atom stereocenters. The fourth-order valence-electron chi connectivity index (χ4n) is 3.82. The van der Waals surface area contributed by atoms with Crippen LogP contribution in [0, 0.1) is 13.8 Å². The molecule has 0 aromatic heterocycles. The van der Waals surface area contributed by atoms with Gasteiger partial charge in [0.15, 0.2) is 0 Å². The van der Waals surface area contributed by atoms with Crippen molar-refractivity contribution in [2.75, 3.05) is 54.6 Å². The molecule has 0 heterocycles. The van der Waals surface area contributed by atoms with Gasteiger partial charge in [0, 0.05) is 43.6 Å². The second-order valence-corrected chi connectivity index (χ2v) is 11.8. The van der Waals surface area contributed by atoms with E-state index in [1.165, 1.54) is 11.1 Å². The summed E-state index contributed by atoms with van der Waals surface area (Å²) in [6.07, 6.45) is -0.721. The molecule has 0 radical (unpaired) electrons. The minimum Gasteiger partial charge on any atom is -0.497 e. The molecule has 0 amide bonds. The third kappa shape index (κ3) is 13.7. The van der Waals surface area contributed by atoms with Gasteiger partial charge < -0.3 is 19.6 Å². The van der Waals surface area contributed by atoms with Crippen molar-refractivity contribution in [3.63, 3.8) is 0 Å². The number of rotatable bonds is 13. The van der Waals surface area contributed by atoms with Crippen molar-refractivity contribution in [2.24, 2.45) is 0 Å². The summed E-state index contributed by atoms with van der Waals surface area (Å²) < 4.78 is 65.3. The maximum atomic E-state index is 10.7. The Morgan fingerprint density at radius 3 is 1.95 bits per heavy atom. The van der Waals surface area contributed by atoms with Crippen LogP contribution >= 0.6 is 0 Å². The molecule has 2 aromatic rings. The van der Waals surface area contributed by atoms with Gasteiger partial charge >= 0.3 is 0 Å². The van der Waals surface area contributed by atoms with Gasteiger partial charge in [-0.3, -0.25) is 9.11 Å². The van der Waals surface area contributed by atoms with Crippen LogP contribution in [0.5, 0.6) is 5.75 Å². The van der Waals surface area contributed by atoms with Crippen LogP contribution in [0.15, 0.2) is 42.5 Å². The molecule has 2 aromatic carbocycles. The topological polar surface area (TPSA) is 145 Å². The number of benzene rings is 2. The van der Waals surface area contributed by atoms with Gasteiger partial charge in [0.1, 0.15) is 11.5 Å². The standard InChI is InChI=1S/C13H21NO3S.C12H19NO5S/c1-4-14(6-5-7-18(15,16)17)13-9-11(2)8-12(3)10-13;1-3-13(8-11(14)9-19(15,16)17)10-5-4-6-12(7-10)18-2/h8-10H,4-7H2,1-3H3,(H,15,16,17);4-7,11,14H,3,8-9H2,1-2H3,(H,15,16,17). The lowest BCUT2D eigenvalue weighted by molar-refractivity contribution is 0.200. The molecule has 37 heavy (non-hydrogen) atoms. The van der Waals surface area contributed by atoms with Crippen molar-refractivity contribution in [3.8, 4) is 5.75 Å². The summed E-state index contributed by atoms with van der Waals surface area (Å²) in [4.78, 5) is 3.92. The van der Waals surface area contributed by atoms with Gasteiger partial charge in [-0.2, -0.15) is 16.8 Å². The molecule has 0 spiro atoms.